The number of benzene rings is 3. The quantitative estimate of drug-likeness (QED) is 0.172. The van der Waals surface area contributed by atoms with Gasteiger partial charge in [-0.2, -0.15) is 0 Å². The lowest BCUT2D eigenvalue weighted by molar-refractivity contribution is -0.118. The fourth-order valence-electron chi connectivity index (χ4n) is 3.64. The highest BCUT2D eigenvalue weighted by atomic mass is 32.2. The highest BCUT2D eigenvalue weighted by Gasteiger charge is 2.22. The number of carbonyl (C=O) groups is 1. The second kappa shape index (κ2) is 12.0. The Morgan fingerprint density at radius 2 is 1.63 bits per heavy atom. The van der Waals surface area contributed by atoms with Crippen LogP contribution >= 0.6 is 23.1 Å². The molecule has 4 rings (SSSR count). The Balaban J connectivity index is 1.51. The van der Waals surface area contributed by atoms with E-state index in [1.54, 1.807) is 38.0 Å². The van der Waals surface area contributed by atoms with Gasteiger partial charge in [-0.25, -0.2) is 4.98 Å². The van der Waals surface area contributed by atoms with Gasteiger partial charge >= 0.3 is 0 Å². The van der Waals surface area contributed by atoms with Crippen molar-refractivity contribution >= 4 is 44.4 Å². The molecule has 0 atom stereocenters. The standard InChI is InChI=1S/C27H28N2O4S2/c1-31-20-11-13-21(14-12-20)34-17-7-10-24(30)29(18-19-8-5-4-6-9-19)27-28-25-22(32-2)15-16-23(33-3)26(25)35-27/h4-6,8-9,11-16H,7,10,17-18H2,1-3H3. The molecule has 8 heteroatoms. The smallest absolute Gasteiger partial charge is 0.229 e. The zero-order valence-corrected chi connectivity index (χ0v) is 21.7. The van der Waals surface area contributed by atoms with Gasteiger partial charge in [0.25, 0.3) is 0 Å². The lowest BCUT2D eigenvalue weighted by atomic mass is 10.2. The number of hydrogen-bond donors (Lipinski definition) is 0. The Morgan fingerprint density at radius 3 is 2.31 bits per heavy atom. The highest BCUT2D eigenvalue weighted by Crippen LogP contribution is 2.40. The van der Waals surface area contributed by atoms with E-state index in [-0.39, 0.29) is 5.91 Å². The predicted molar refractivity (Wildman–Crippen MR) is 143 cm³/mol. The molecule has 0 aliphatic heterocycles. The van der Waals surface area contributed by atoms with Crippen LogP contribution in [0.1, 0.15) is 18.4 Å². The van der Waals surface area contributed by atoms with Gasteiger partial charge in [0.1, 0.15) is 27.5 Å². The minimum Gasteiger partial charge on any atom is -0.497 e. The summed E-state index contributed by atoms with van der Waals surface area (Å²) in [5.74, 6) is 3.10. The molecule has 1 amide bonds. The van der Waals surface area contributed by atoms with Crippen molar-refractivity contribution in [3.05, 3.63) is 72.3 Å². The van der Waals surface area contributed by atoms with Crippen molar-refractivity contribution in [3.8, 4) is 17.2 Å². The van der Waals surface area contributed by atoms with E-state index in [1.165, 1.54) is 11.3 Å². The molecule has 1 heterocycles. The number of aromatic nitrogens is 1. The molecule has 3 aromatic carbocycles. The maximum absolute atomic E-state index is 13.4. The molecule has 0 saturated heterocycles. The number of thioether (sulfide) groups is 1. The third kappa shape index (κ3) is 6.07. The van der Waals surface area contributed by atoms with Gasteiger partial charge in [-0.15, -0.1) is 11.8 Å². The lowest BCUT2D eigenvalue weighted by Gasteiger charge is -2.20. The number of rotatable bonds is 11. The van der Waals surface area contributed by atoms with Gasteiger partial charge in [0.2, 0.25) is 5.91 Å². The monoisotopic (exact) mass is 508 g/mol. The number of fused-ring (bicyclic) bond motifs is 1. The van der Waals surface area contributed by atoms with Gasteiger partial charge in [-0.05, 0) is 54.1 Å². The molecule has 4 aromatic rings. The summed E-state index contributed by atoms with van der Waals surface area (Å²) in [5, 5.41) is 0.638. The minimum absolute atomic E-state index is 0.0428. The number of thiazole rings is 1. The minimum atomic E-state index is 0.0428. The fourth-order valence-corrected chi connectivity index (χ4v) is 5.58. The molecule has 0 aliphatic carbocycles. The average Bonchev–Trinajstić information content (AvgIpc) is 3.35. The molecule has 0 saturated carbocycles. The van der Waals surface area contributed by atoms with Gasteiger partial charge in [0, 0.05) is 11.3 Å². The summed E-state index contributed by atoms with van der Waals surface area (Å²) in [5.41, 5.74) is 1.75. The topological polar surface area (TPSA) is 60.9 Å². The second-order valence-electron chi connectivity index (χ2n) is 7.74. The van der Waals surface area contributed by atoms with Crippen LogP contribution in [0.15, 0.2) is 71.6 Å². The van der Waals surface area contributed by atoms with Crippen LogP contribution in [0.4, 0.5) is 5.13 Å². The van der Waals surface area contributed by atoms with Crippen LogP contribution in [0.5, 0.6) is 17.2 Å². The van der Waals surface area contributed by atoms with Gasteiger partial charge in [0.15, 0.2) is 5.13 Å². The van der Waals surface area contributed by atoms with Crippen LogP contribution in [0.25, 0.3) is 10.2 Å². The number of nitrogens with zero attached hydrogens (tertiary/aromatic N) is 2. The van der Waals surface area contributed by atoms with Crippen LogP contribution in [0, 0.1) is 0 Å². The second-order valence-corrected chi connectivity index (χ2v) is 9.88. The van der Waals surface area contributed by atoms with E-state index in [2.05, 4.69) is 0 Å². The number of hydrogen-bond acceptors (Lipinski definition) is 7. The highest BCUT2D eigenvalue weighted by molar-refractivity contribution is 7.99. The first-order valence-electron chi connectivity index (χ1n) is 11.3. The van der Waals surface area contributed by atoms with Gasteiger partial charge in [0.05, 0.1) is 27.9 Å². The van der Waals surface area contributed by atoms with E-state index in [0.717, 1.165) is 33.1 Å². The summed E-state index contributed by atoms with van der Waals surface area (Å²) in [6.07, 6.45) is 1.19. The average molecular weight is 509 g/mol. The Kier molecular flexibility index (Phi) is 8.50. The van der Waals surface area contributed by atoms with Crippen molar-refractivity contribution in [1.29, 1.82) is 0 Å². The molecule has 0 aliphatic rings. The molecule has 0 radical (unpaired) electrons. The molecule has 35 heavy (non-hydrogen) atoms. The van der Waals surface area contributed by atoms with E-state index in [9.17, 15) is 4.79 Å². The van der Waals surface area contributed by atoms with Crippen molar-refractivity contribution in [2.75, 3.05) is 32.0 Å². The molecule has 0 bridgehead atoms. The maximum Gasteiger partial charge on any atom is 0.229 e. The molecular formula is C27H28N2O4S2. The summed E-state index contributed by atoms with van der Waals surface area (Å²) in [6.45, 7) is 0.454. The van der Waals surface area contributed by atoms with E-state index >= 15 is 0 Å². The SMILES string of the molecule is COc1ccc(SCCCC(=O)N(Cc2ccccc2)c2nc3c(OC)ccc(OC)c3s2)cc1. The summed E-state index contributed by atoms with van der Waals surface area (Å²) in [4.78, 5) is 21.2. The predicted octanol–water partition coefficient (Wildman–Crippen LogP) is 6.43. The molecule has 0 unspecified atom stereocenters. The Bertz CT molecular complexity index is 1220. The normalized spacial score (nSPS) is 10.8. The van der Waals surface area contributed by atoms with Gasteiger partial charge in [-0.1, -0.05) is 41.7 Å². The first-order chi connectivity index (χ1) is 17.1. The van der Waals surface area contributed by atoms with Crippen molar-refractivity contribution in [3.63, 3.8) is 0 Å². The van der Waals surface area contributed by atoms with Crippen LogP contribution in [-0.4, -0.2) is 38.0 Å². The van der Waals surface area contributed by atoms with Crippen molar-refractivity contribution in [1.82, 2.24) is 4.98 Å². The van der Waals surface area contributed by atoms with E-state index in [4.69, 9.17) is 19.2 Å². The van der Waals surface area contributed by atoms with Crippen LogP contribution in [-0.2, 0) is 11.3 Å². The lowest BCUT2D eigenvalue weighted by Crippen LogP contribution is -2.30. The van der Waals surface area contributed by atoms with Crippen molar-refractivity contribution < 1.29 is 19.0 Å². The summed E-state index contributed by atoms with van der Waals surface area (Å²) in [6, 6.07) is 21.6. The third-order valence-electron chi connectivity index (χ3n) is 5.48. The maximum atomic E-state index is 13.4. The van der Waals surface area contributed by atoms with Crippen LogP contribution < -0.4 is 19.1 Å². The van der Waals surface area contributed by atoms with Crippen molar-refractivity contribution in [2.24, 2.45) is 0 Å². The zero-order valence-electron chi connectivity index (χ0n) is 20.0. The van der Waals surface area contributed by atoms with Crippen LogP contribution in [0.2, 0.25) is 0 Å². The largest absolute Gasteiger partial charge is 0.497 e. The van der Waals surface area contributed by atoms with E-state index in [1.807, 2.05) is 66.7 Å². The molecule has 1 aromatic heterocycles. The Labute approximate surface area is 213 Å². The molecular weight excluding hydrogens is 480 g/mol. The summed E-state index contributed by atoms with van der Waals surface area (Å²) in [7, 11) is 4.91. The fraction of sp³-hybridized carbons (Fsp3) is 0.259. The number of anilines is 1. The molecule has 182 valence electrons. The molecule has 0 spiro atoms. The Morgan fingerprint density at radius 1 is 0.914 bits per heavy atom. The van der Waals surface area contributed by atoms with Crippen molar-refractivity contribution in [2.45, 2.75) is 24.3 Å². The molecule has 0 fully saturated rings. The van der Waals surface area contributed by atoms with E-state index < -0.39 is 0 Å². The number of ether oxygens (including phenoxy) is 3. The number of amides is 1. The van der Waals surface area contributed by atoms with Crippen LogP contribution in [0.3, 0.4) is 0 Å². The van der Waals surface area contributed by atoms with Gasteiger partial charge < -0.3 is 14.2 Å². The summed E-state index contributed by atoms with van der Waals surface area (Å²) >= 11 is 3.18. The number of methoxy groups -OCH3 is 3. The Hall–Kier alpha value is -3.23. The first kappa shape index (κ1) is 24.9. The number of carbonyl (C=O) groups excluding carboxylic acids is 1. The zero-order chi connectivity index (χ0) is 24.6. The molecule has 0 N–H and O–H groups in total. The third-order valence-corrected chi connectivity index (χ3v) is 7.67. The first-order valence-corrected chi connectivity index (χ1v) is 13.1. The summed E-state index contributed by atoms with van der Waals surface area (Å²) < 4.78 is 17.1. The van der Waals surface area contributed by atoms with E-state index in [0.29, 0.717) is 35.1 Å². The molecule has 6 nitrogen and oxygen atoms in total. The van der Waals surface area contributed by atoms with Gasteiger partial charge in [-0.3, -0.25) is 9.69 Å².